The van der Waals surface area contributed by atoms with Gasteiger partial charge in [-0.25, -0.2) is 4.68 Å². The number of carbonyl (C=O) groups excluding carboxylic acids is 1. The van der Waals surface area contributed by atoms with Crippen molar-refractivity contribution in [1.29, 1.82) is 0 Å². The molecule has 0 fully saturated rings. The molecule has 0 atom stereocenters. The highest BCUT2D eigenvalue weighted by Gasteiger charge is 2.16. The van der Waals surface area contributed by atoms with Crippen molar-refractivity contribution in [2.75, 3.05) is 0 Å². The summed E-state index contributed by atoms with van der Waals surface area (Å²) in [5, 5.41) is 11.2. The lowest BCUT2D eigenvalue weighted by atomic mass is 10.2. The van der Waals surface area contributed by atoms with Gasteiger partial charge in [0.15, 0.2) is 5.52 Å². The van der Waals surface area contributed by atoms with Crippen molar-refractivity contribution in [3.8, 4) is 0 Å². The van der Waals surface area contributed by atoms with E-state index in [2.05, 4.69) is 20.6 Å². The number of amides is 1. The van der Waals surface area contributed by atoms with Crippen LogP contribution in [0, 0.1) is 13.8 Å². The summed E-state index contributed by atoms with van der Waals surface area (Å²) < 4.78 is 6.12. The number of pyridine rings is 1. The fourth-order valence-electron chi connectivity index (χ4n) is 2.33. The van der Waals surface area contributed by atoms with Crippen LogP contribution in [-0.2, 0) is 17.9 Å². The SMILES string of the molecule is Cc1nn(CC(=O)NCc2ccccn2)c(=O)c2noc(C)c12. The van der Waals surface area contributed by atoms with Gasteiger partial charge in [-0.1, -0.05) is 11.2 Å². The van der Waals surface area contributed by atoms with E-state index in [1.54, 1.807) is 32.2 Å². The Bertz CT molecular complexity index is 914. The molecule has 118 valence electrons. The van der Waals surface area contributed by atoms with E-state index < -0.39 is 5.56 Å². The Balaban J connectivity index is 1.77. The van der Waals surface area contributed by atoms with Crippen molar-refractivity contribution in [3.05, 3.63) is 51.9 Å². The average Bonchev–Trinajstić information content (AvgIpc) is 2.94. The van der Waals surface area contributed by atoms with Crippen LogP contribution in [0.3, 0.4) is 0 Å². The molecular formula is C15H15N5O3. The topological polar surface area (TPSA) is 103 Å². The van der Waals surface area contributed by atoms with Crippen LogP contribution >= 0.6 is 0 Å². The minimum Gasteiger partial charge on any atom is -0.360 e. The zero-order valence-corrected chi connectivity index (χ0v) is 12.7. The number of hydrogen-bond donors (Lipinski definition) is 1. The first-order valence-electron chi connectivity index (χ1n) is 7.06. The molecule has 3 aromatic rings. The number of rotatable bonds is 4. The van der Waals surface area contributed by atoms with E-state index in [0.717, 1.165) is 10.4 Å². The molecule has 8 nitrogen and oxygen atoms in total. The van der Waals surface area contributed by atoms with Gasteiger partial charge in [-0.05, 0) is 26.0 Å². The number of hydrogen-bond acceptors (Lipinski definition) is 6. The number of aromatic nitrogens is 4. The van der Waals surface area contributed by atoms with Gasteiger partial charge in [0.1, 0.15) is 12.3 Å². The lowest BCUT2D eigenvalue weighted by molar-refractivity contribution is -0.122. The van der Waals surface area contributed by atoms with Gasteiger partial charge in [0.05, 0.1) is 23.3 Å². The predicted molar refractivity (Wildman–Crippen MR) is 81.6 cm³/mol. The first-order chi connectivity index (χ1) is 11.1. The molecule has 1 amide bonds. The molecule has 0 radical (unpaired) electrons. The Kier molecular flexibility index (Phi) is 3.88. The molecule has 0 saturated carbocycles. The van der Waals surface area contributed by atoms with E-state index >= 15 is 0 Å². The molecule has 0 spiro atoms. The van der Waals surface area contributed by atoms with Gasteiger partial charge in [0, 0.05) is 6.20 Å². The van der Waals surface area contributed by atoms with E-state index in [1.807, 2.05) is 6.07 Å². The maximum Gasteiger partial charge on any atom is 0.297 e. The van der Waals surface area contributed by atoms with Crippen LogP contribution in [0.1, 0.15) is 17.1 Å². The van der Waals surface area contributed by atoms with Gasteiger partial charge >= 0.3 is 0 Å². The van der Waals surface area contributed by atoms with Crippen molar-refractivity contribution in [2.24, 2.45) is 0 Å². The third-order valence-electron chi connectivity index (χ3n) is 3.42. The highest BCUT2D eigenvalue weighted by atomic mass is 16.5. The standard InChI is InChI=1S/C15H15N5O3/c1-9-13-10(2)23-19-14(13)15(22)20(18-9)8-12(21)17-7-11-5-3-4-6-16-11/h3-6H,7-8H2,1-2H3,(H,17,21). The highest BCUT2D eigenvalue weighted by Crippen LogP contribution is 2.16. The van der Waals surface area contributed by atoms with Crippen LogP contribution in [0.5, 0.6) is 0 Å². The molecule has 3 rings (SSSR count). The zero-order chi connectivity index (χ0) is 16.4. The Morgan fingerprint density at radius 3 is 2.91 bits per heavy atom. The quantitative estimate of drug-likeness (QED) is 0.761. The van der Waals surface area contributed by atoms with Crippen LogP contribution < -0.4 is 10.9 Å². The molecular weight excluding hydrogens is 298 g/mol. The molecule has 0 aliphatic heterocycles. The fourth-order valence-corrected chi connectivity index (χ4v) is 2.33. The molecule has 3 heterocycles. The second kappa shape index (κ2) is 5.99. The minimum atomic E-state index is -0.449. The number of nitrogens with zero attached hydrogens (tertiary/aromatic N) is 4. The van der Waals surface area contributed by atoms with Crippen LogP contribution in [0.15, 0.2) is 33.7 Å². The third-order valence-corrected chi connectivity index (χ3v) is 3.42. The first-order valence-corrected chi connectivity index (χ1v) is 7.06. The Morgan fingerprint density at radius 2 is 2.17 bits per heavy atom. The Hall–Kier alpha value is -3.03. The molecule has 8 heteroatoms. The van der Waals surface area contributed by atoms with Gasteiger partial charge in [0.2, 0.25) is 5.91 Å². The monoisotopic (exact) mass is 313 g/mol. The maximum atomic E-state index is 12.3. The summed E-state index contributed by atoms with van der Waals surface area (Å²) in [4.78, 5) is 28.4. The zero-order valence-electron chi connectivity index (χ0n) is 12.7. The summed E-state index contributed by atoms with van der Waals surface area (Å²) in [5.74, 6) is 0.207. The predicted octanol–water partition coefficient (Wildman–Crippen LogP) is 0.713. The van der Waals surface area contributed by atoms with E-state index in [1.165, 1.54) is 0 Å². The van der Waals surface area contributed by atoms with Crippen molar-refractivity contribution >= 4 is 16.8 Å². The average molecular weight is 313 g/mol. The second-order valence-corrected chi connectivity index (χ2v) is 5.11. The normalized spacial score (nSPS) is 10.9. The second-order valence-electron chi connectivity index (χ2n) is 5.11. The molecule has 0 aliphatic rings. The highest BCUT2D eigenvalue weighted by molar-refractivity contribution is 5.82. The smallest absolute Gasteiger partial charge is 0.297 e. The van der Waals surface area contributed by atoms with Gasteiger partial charge in [-0.3, -0.25) is 14.6 Å². The lowest BCUT2D eigenvalue weighted by Crippen LogP contribution is -2.34. The lowest BCUT2D eigenvalue weighted by Gasteiger charge is -2.07. The Morgan fingerprint density at radius 1 is 1.35 bits per heavy atom. The van der Waals surface area contributed by atoms with Gasteiger partial charge in [-0.15, -0.1) is 0 Å². The van der Waals surface area contributed by atoms with Gasteiger partial charge in [0.25, 0.3) is 5.56 Å². The minimum absolute atomic E-state index is 0.186. The molecule has 0 saturated heterocycles. The molecule has 23 heavy (non-hydrogen) atoms. The molecule has 1 N–H and O–H groups in total. The van der Waals surface area contributed by atoms with E-state index in [4.69, 9.17) is 4.52 Å². The number of nitrogens with one attached hydrogen (secondary N) is 1. The fraction of sp³-hybridized carbons (Fsp3) is 0.267. The summed E-state index contributed by atoms with van der Waals surface area (Å²) >= 11 is 0. The maximum absolute atomic E-state index is 12.3. The third kappa shape index (κ3) is 2.96. The number of fused-ring (bicyclic) bond motifs is 1. The number of carbonyl (C=O) groups is 1. The van der Waals surface area contributed by atoms with Crippen molar-refractivity contribution in [1.82, 2.24) is 25.2 Å². The molecule has 0 bridgehead atoms. The molecule has 0 aliphatic carbocycles. The van der Waals surface area contributed by atoms with Crippen molar-refractivity contribution in [2.45, 2.75) is 26.9 Å². The summed E-state index contributed by atoms with van der Waals surface area (Å²) in [5.41, 5.74) is 1.07. The van der Waals surface area contributed by atoms with Crippen LogP contribution in [0.4, 0.5) is 0 Å². The summed E-state index contributed by atoms with van der Waals surface area (Å²) in [6.07, 6.45) is 1.65. The van der Waals surface area contributed by atoms with Crippen LogP contribution in [0.25, 0.3) is 10.9 Å². The van der Waals surface area contributed by atoms with Gasteiger partial charge in [-0.2, -0.15) is 5.10 Å². The Labute approximate surface area is 131 Å². The van der Waals surface area contributed by atoms with Crippen LogP contribution in [0.2, 0.25) is 0 Å². The summed E-state index contributed by atoms with van der Waals surface area (Å²) in [7, 11) is 0. The largest absolute Gasteiger partial charge is 0.360 e. The van der Waals surface area contributed by atoms with E-state index in [0.29, 0.717) is 23.4 Å². The van der Waals surface area contributed by atoms with Crippen molar-refractivity contribution < 1.29 is 9.32 Å². The first kappa shape index (κ1) is 14.9. The molecule has 0 aromatic carbocycles. The summed E-state index contributed by atoms with van der Waals surface area (Å²) in [6.45, 7) is 3.56. The number of aryl methyl sites for hydroxylation is 2. The van der Waals surface area contributed by atoms with Gasteiger partial charge < -0.3 is 9.84 Å². The summed E-state index contributed by atoms with van der Waals surface area (Å²) in [6, 6.07) is 5.44. The van der Waals surface area contributed by atoms with Crippen LogP contribution in [-0.4, -0.2) is 25.8 Å². The molecule has 0 unspecified atom stereocenters. The molecule has 3 aromatic heterocycles. The van der Waals surface area contributed by atoms with E-state index in [9.17, 15) is 9.59 Å². The van der Waals surface area contributed by atoms with E-state index in [-0.39, 0.29) is 18.0 Å². The van der Waals surface area contributed by atoms with Crippen molar-refractivity contribution in [3.63, 3.8) is 0 Å².